The van der Waals surface area contributed by atoms with E-state index in [0.717, 1.165) is 0 Å². The topological polar surface area (TPSA) is 0 Å². The van der Waals surface area contributed by atoms with Crippen LogP contribution in [-0.2, 0) is 18.0 Å². The van der Waals surface area contributed by atoms with Crippen molar-refractivity contribution >= 4 is 15.4 Å². The summed E-state index contributed by atoms with van der Waals surface area (Å²) in [6.45, 7) is 13.3. The summed E-state index contributed by atoms with van der Waals surface area (Å²) in [4.78, 5) is 0. The Kier molecular flexibility index (Phi) is 8.58. The van der Waals surface area contributed by atoms with Crippen molar-refractivity contribution < 1.29 is 18.0 Å². The van der Waals surface area contributed by atoms with E-state index >= 15 is 0 Å². The second-order valence-electron chi connectivity index (χ2n) is 16.8. The Hall–Kier alpha value is -4.46. The number of aryl methyl sites for hydroxylation is 6. The SMILES string of the molecule is Cc1ccc([C](c2ccc(C)cc2)=[Hf]([CH3])([CH3])([CH]2C=Cc3c(-c4cc(C)cc(C)c4)cccc32)[CH]2C=Cc3c(-c4cc(C)cc(C)c4)cccc32)cc1. The van der Waals surface area contributed by atoms with Gasteiger partial charge in [-0.3, -0.25) is 0 Å². The summed E-state index contributed by atoms with van der Waals surface area (Å²) in [5.41, 5.74) is 21.6. The molecule has 0 saturated heterocycles. The molecule has 2 unspecified atom stereocenters. The molecule has 0 nitrogen and oxygen atoms in total. The summed E-state index contributed by atoms with van der Waals surface area (Å²) in [5.74, 6) is 0. The Labute approximate surface area is 312 Å². The molecule has 258 valence electrons. The van der Waals surface area contributed by atoms with Crippen LogP contribution >= 0.6 is 0 Å². The van der Waals surface area contributed by atoms with E-state index < -0.39 is 18.0 Å². The van der Waals surface area contributed by atoms with Gasteiger partial charge in [0.15, 0.2) is 0 Å². The fourth-order valence-electron chi connectivity index (χ4n) is 10.0. The molecule has 0 aromatic heterocycles. The Balaban J connectivity index is 1.46. The Morgan fingerprint density at radius 3 is 1.15 bits per heavy atom. The minimum atomic E-state index is -4.65. The van der Waals surface area contributed by atoms with Gasteiger partial charge in [-0.25, -0.2) is 0 Å². The Morgan fingerprint density at radius 2 is 0.788 bits per heavy atom. The quantitative estimate of drug-likeness (QED) is 0.147. The zero-order chi connectivity index (χ0) is 36.4. The van der Waals surface area contributed by atoms with Gasteiger partial charge >= 0.3 is 314 Å². The molecule has 0 amide bonds. The van der Waals surface area contributed by atoms with Crippen LogP contribution in [0, 0.1) is 41.5 Å². The number of allylic oxidation sites excluding steroid dienone is 2. The van der Waals surface area contributed by atoms with Crippen LogP contribution < -0.4 is 0 Å². The maximum absolute atomic E-state index is 4.65. The first kappa shape index (κ1) is 34.6. The molecule has 8 rings (SSSR count). The van der Waals surface area contributed by atoms with Gasteiger partial charge in [0.2, 0.25) is 0 Å². The molecule has 2 aliphatic rings. The molecule has 2 aliphatic carbocycles. The molecular formula is C51H50Hf. The van der Waals surface area contributed by atoms with E-state index in [1.807, 2.05) is 0 Å². The van der Waals surface area contributed by atoms with Gasteiger partial charge in [-0.1, -0.05) is 0 Å². The first-order chi connectivity index (χ1) is 24.9. The normalized spacial score (nSPS) is 16.2. The molecule has 52 heavy (non-hydrogen) atoms. The average molecular weight is 841 g/mol. The Morgan fingerprint density at radius 1 is 0.423 bits per heavy atom. The van der Waals surface area contributed by atoms with Crippen molar-refractivity contribution in [3.8, 4) is 22.3 Å². The van der Waals surface area contributed by atoms with Crippen molar-refractivity contribution in [2.24, 2.45) is 0 Å². The molecule has 0 saturated carbocycles. The maximum atomic E-state index is 2.79. The molecule has 0 N–H and O–H groups in total. The molecule has 6 aromatic carbocycles. The summed E-state index contributed by atoms with van der Waals surface area (Å²) < 4.78 is 7.78. The summed E-state index contributed by atoms with van der Waals surface area (Å²) >= 11 is -4.65. The van der Waals surface area contributed by atoms with Gasteiger partial charge < -0.3 is 0 Å². The van der Waals surface area contributed by atoms with E-state index in [0.29, 0.717) is 7.35 Å². The van der Waals surface area contributed by atoms with Crippen molar-refractivity contribution in [1.29, 1.82) is 0 Å². The fraction of sp³-hybridized carbons (Fsp3) is 0.196. The van der Waals surface area contributed by atoms with Crippen molar-refractivity contribution in [2.45, 2.75) is 58.3 Å². The molecule has 0 heterocycles. The number of hydrogen-bond acceptors (Lipinski definition) is 0. The van der Waals surface area contributed by atoms with E-state index in [2.05, 4.69) is 197 Å². The van der Waals surface area contributed by atoms with Gasteiger partial charge in [-0.05, 0) is 0 Å². The summed E-state index contributed by atoms with van der Waals surface area (Å²) in [6, 6.07) is 47.1. The molecular weight excluding hydrogens is 791 g/mol. The zero-order valence-electron chi connectivity index (χ0n) is 32.0. The monoisotopic (exact) mass is 842 g/mol. The number of hydrogen-bond donors (Lipinski definition) is 0. The number of benzene rings is 6. The molecule has 0 fully saturated rings. The fourth-order valence-corrected chi connectivity index (χ4v) is 35.0. The van der Waals surface area contributed by atoms with E-state index in [1.54, 1.807) is 3.26 Å². The third kappa shape index (κ3) is 5.73. The molecule has 0 spiro atoms. The molecule has 2 atom stereocenters. The van der Waals surface area contributed by atoms with Crippen molar-refractivity contribution in [3.63, 3.8) is 0 Å². The Bertz CT molecular complexity index is 2300. The molecule has 0 aliphatic heterocycles. The zero-order valence-corrected chi connectivity index (χ0v) is 35.6. The first-order valence-electron chi connectivity index (χ1n) is 18.9. The average Bonchev–Trinajstić information content (AvgIpc) is 3.76. The van der Waals surface area contributed by atoms with Crippen LogP contribution in [-0.4, -0.2) is 3.26 Å². The second-order valence-corrected chi connectivity index (χ2v) is 41.8. The van der Waals surface area contributed by atoms with Crippen LogP contribution in [0.15, 0.2) is 133 Å². The standard InChI is InChI=1S/2C17H15.C15H14.2CH3.Hf/c2*1-12-9-13(2)11-15(10-12)17-8-4-6-14-5-3-7-16(14)17;1-12-3-7-14(8-4-12)11-15-9-5-13(2)6-10-15;;;/h2*3-11H,1-2H3;3-10H,1-2H3;2*1H3;. The second kappa shape index (κ2) is 12.9. The van der Waals surface area contributed by atoms with E-state index in [-0.39, 0.29) is 0 Å². The van der Waals surface area contributed by atoms with Gasteiger partial charge in [0.1, 0.15) is 0 Å². The van der Waals surface area contributed by atoms with Gasteiger partial charge in [-0.2, -0.15) is 0 Å². The van der Waals surface area contributed by atoms with Crippen LogP contribution in [0.3, 0.4) is 0 Å². The van der Waals surface area contributed by atoms with E-state index in [9.17, 15) is 0 Å². The molecule has 1 heteroatoms. The van der Waals surface area contributed by atoms with Gasteiger partial charge in [0.25, 0.3) is 0 Å². The van der Waals surface area contributed by atoms with Crippen LogP contribution in [0.1, 0.15) is 74.1 Å². The van der Waals surface area contributed by atoms with Crippen molar-refractivity contribution in [1.82, 2.24) is 0 Å². The predicted molar refractivity (Wildman–Crippen MR) is 224 cm³/mol. The van der Waals surface area contributed by atoms with Crippen molar-refractivity contribution in [2.75, 3.05) is 0 Å². The van der Waals surface area contributed by atoms with E-state index in [1.165, 1.54) is 89.0 Å². The molecule has 0 radical (unpaired) electrons. The third-order valence-electron chi connectivity index (χ3n) is 12.3. The summed E-state index contributed by atoms with van der Waals surface area (Å²) in [7, 11) is 0. The van der Waals surface area contributed by atoms with Crippen LogP contribution in [0.2, 0.25) is 9.36 Å². The number of fused-ring (bicyclic) bond motifs is 2. The molecule has 0 bridgehead atoms. The molecule has 6 aromatic rings. The van der Waals surface area contributed by atoms with Crippen LogP contribution in [0.4, 0.5) is 0 Å². The first-order valence-corrected chi connectivity index (χ1v) is 32.0. The van der Waals surface area contributed by atoms with Crippen LogP contribution in [0.25, 0.3) is 34.4 Å². The summed E-state index contributed by atoms with van der Waals surface area (Å²) in [5, 5.41) is 0. The predicted octanol–water partition coefficient (Wildman–Crippen LogP) is 13.8. The van der Waals surface area contributed by atoms with Gasteiger partial charge in [-0.15, -0.1) is 0 Å². The minimum absolute atomic E-state index is 0.306. The summed E-state index contributed by atoms with van der Waals surface area (Å²) in [6.07, 6.45) is 10.2. The number of rotatable bonds is 6. The van der Waals surface area contributed by atoms with Crippen molar-refractivity contribution in [3.05, 3.63) is 200 Å². The third-order valence-corrected chi connectivity index (χ3v) is 37.4. The van der Waals surface area contributed by atoms with Crippen LogP contribution in [0.5, 0.6) is 0 Å². The van der Waals surface area contributed by atoms with Gasteiger partial charge in [0, 0.05) is 0 Å². The van der Waals surface area contributed by atoms with Gasteiger partial charge in [0.05, 0.1) is 0 Å². The van der Waals surface area contributed by atoms with E-state index in [4.69, 9.17) is 0 Å².